The van der Waals surface area contributed by atoms with E-state index in [4.69, 9.17) is 27.9 Å². The van der Waals surface area contributed by atoms with Gasteiger partial charge in [-0.1, -0.05) is 29.3 Å². The van der Waals surface area contributed by atoms with Crippen LogP contribution in [0.25, 0.3) is 0 Å². The van der Waals surface area contributed by atoms with E-state index in [2.05, 4.69) is 22.2 Å². The van der Waals surface area contributed by atoms with Gasteiger partial charge in [-0.25, -0.2) is 9.59 Å². The molecule has 2 amide bonds. The van der Waals surface area contributed by atoms with Crippen LogP contribution in [0.4, 0.5) is 4.79 Å². The molecular weight excluding hydrogens is 415 g/mol. The number of benzene rings is 1. The lowest BCUT2D eigenvalue weighted by Gasteiger charge is -2.39. The molecule has 1 aromatic rings. The molecule has 2 aliphatic rings. The summed E-state index contributed by atoms with van der Waals surface area (Å²) in [6, 6.07) is 4.03. The number of esters is 1. The highest BCUT2D eigenvalue weighted by atomic mass is 35.5. The zero-order valence-corrected chi connectivity index (χ0v) is 18.4. The van der Waals surface area contributed by atoms with Gasteiger partial charge in [0.2, 0.25) is 0 Å². The molecule has 3 rings (SSSR count). The van der Waals surface area contributed by atoms with Crippen LogP contribution in [0.5, 0.6) is 0 Å². The predicted molar refractivity (Wildman–Crippen MR) is 113 cm³/mol. The Kier molecular flexibility index (Phi) is 7.05. The molecule has 1 saturated heterocycles. The van der Waals surface area contributed by atoms with Crippen molar-refractivity contribution in [2.75, 3.05) is 53.4 Å². The molecule has 0 unspecified atom stereocenters. The SMILES string of the molecule is CCOC(=O)C1=C(CN2CCN(C)CC2)N(C)C(=O)N[C@H]1c1ccc(Cl)cc1Cl. The number of nitrogens with one attached hydrogen (secondary N) is 1. The van der Waals surface area contributed by atoms with Crippen LogP contribution in [-0.2, 0) is 9.53 Å². The molecule has 1 fully saturated rings. The van der Waals surface area contributed by atoms with Crippen LogP contribution in [0.3, 0.4) is 0 Å². The highest BCUT2D eigenvalue weighted by Gasteiger charge is 2.38. The first-order valence-electron chi connectivity index (χ1n) is 9.62. The van der Waals surface area contributed by atoms with Crippen LogP contribution in [0, 0.1) is 0 Å². The number of hydrogen-bond donors (Lipinski definition) is 1. The predicted octanol–water partition coefficient (Wildman–Crippen LogP) is 2.75. The Morgan fingerprint density at radius 1 is 1.21 bits per heavy atom. The third-order valence-electron chi connectivity index (χ3n) is 5.32. The molecule has 0 bridgehead atoms. The van der Waals surface area contributed by atoms with E-state index in [-0.39, 0.29) is 12.6 Å². The van der Waals surface area contributed by atoms with Crippen LogP contribution >= 0.6 is 23.2 Å². The molecule has 0 saturated carbocycles. The summed E-state index contributed by atoms with van der Waals surface area (Å²) in [6.07, 6.45) is 0. The third kappa shape index (κ3) is 4.86. The van der Waals surface area contributed by atoms with E-state index in [1.165, 1.54) is 4.90 Å². The normalized spacial score (nSPS) is 21.3. The lowest BCUT2D eigenvalue weighted by Crippen LogP contribution is -2.51. The van der Waals surface area contributed by atoms with Crippen LogP contribution in [0.15, 0.2) is 29.5 Å². The van der Waals surface area contributed by atoms with Gasteiger partial charge in [0.1, 0.15) is 0 Å². The second kappa shape index (κ2) is 9.34. The van der Waals surface area contributed by atoms with Gasteiger partial charge in [-0.3, -0.25) is 9.80 Å². The van der Waals surface area contributed by atoms with Crippen molar-refractivity contribution in [1.29, 1.82) is 0 Å². The van der Waals surface area contributed by atoms with Crippen molar-refractivity contribution in [3.8, 4) is 0 Å². The fourth-order valence-corrected chi connectivity index (χ4v) is 4.10. The monoisotopic (exact) mass is 440 g/mol. The highest BCUT2D eigenvalue weighted by molar-refractivity contribution is 6.35. The topological polar surface area (TPSA) is 65.1 Å². The van der Waals surface area contributed by atoms with Crippen LogP contribution < -0.4 is 5.32 Å². The minimum absolute atomic E-state index is 0.239. The van der Waals surface area contributed by atoms with Crippen molar-refractivity contribution in [2.45, 2.75) is 13.0 Å². The van der Waals surface area contributed by atoms with E-state index in [1.807, 2.05) is 0 Å². The summed E-state index contributed by atoms with van der Waals surface area (Å²) in [4.78, 5) is 31.7. The van der Waals surface area contributed by atoms with Gasteiger partial charge in [-0.05, 0) is 31.7 Å². The number of nitrogens with zero attached hydrogens (tertiary/aromatic N) is 3. The molecule has 1 atom stereocenters. The number of urea groups is 1. The Balaban J connectivity index is 2.05. The second-order valence-electron chi connectivity index (χ2n) is 7.27. The quantitative estimate of drug-likeness (QED) is 0.712. The Morgan fingerprint density at radius 3 is 2.52 bits per heavy atom. The van der Waals surface area contributed by atoms with Gasteiger partial charge < -0.3 is 15.0 Å². The van der Waals surface area contributed by atoms with Gasteiger partial charge >= 0.3 is 12.0 Å². The minimum Gasteiger partial charge on any atom is -0.463 e. The van der Waals surface area contributed by atoms with E-state index in [0.717, 1.165) is 26.2 Å². The number of ether oxygens (including phenoxy) is 1. The van der Waals surface area contributed by atoms with Gasteiger partial charge in [0.05, 0.1) is 18.2 Å². The summed E-state index contributed by atoms with van der Waals surface area (Å²) >= 11 is 12.4. The molecule has 0 spiro atoms. The van der Waals surface area contributed by atoms with Gasteiger partial charge in [0.25, 0.3) is 0 Å². The molecule has 2 aliphatic heterocycles. The number of piperazine rings is 1. The van der Waals surface area contributed by atoms with Crippen molar-refractivity contribution in [3.05, 3.63) is 45.1 Å². The molecule has 0 aromatic heterocycles. The average Bonchev–Trinajstić information content (AvgIpc) is 2.67. The first-order chi connectivity index (χ1) is 13.8. The average molecular weight is 441 g/mol. The molecule has 9 heteroatoms. The fraction of sp³-hybridized carbons (Fsp3) is 0.500. The second-order valence-corrected chi connectivity index (χ2v) is 8.11. The Bertz CT molecular complexity index is 822. The molecule has 1 N–H and O–H groups in total. The van der Waals surface area contributed by atoms with Gasteiger partial charge in [0, 0.05) is 55.5 Å². The van der Waals surface area contributed by atoms with E-state index >= 15 is 0 Å². The Hall–Kier alpha value is -1.80. The highest BCUT2D eigenvalue weighted by Crippen LogP contribution is 2.36. The summed E-state index contributed by atoms with van der Waals surface area (Å²) in [6.45, 7) is 6.06. The summed E-state index contributed by atoms with van der Waals surface area (Å²) in [5, 5.41) is 3.75. The summed E-state index contributed by atoms with van der Waals surface area (Å²) in [7, 11) is 3.75. The zero-order valence-electron chi connectivity index (χ0n) is 16.9. The Morgan fingerprint density at radius 2 is 1.90 bits per heavy atom. The summed E-state index contributed by atoms with van der Waals surface area (Å²) < 4.78 is 5.35. The van der Waals surface area contributed by atoms with Crippen LogP contribution in [0.2, 0.25) is 10.0 Å². The fourth-order valence-electron chi connectivity index (χ4n) is 3.58. The number of likely N-dealkylation sites (N-methyl/N-ethyl adjacent to an activating group) is 2. The number of carbonyl (C=O) groups is 2. The molecule has 0 radical (unpaired) electrons. The molecular formula is C20H26Cl2N4O3. The lowest BCUT2D eigenvalue weighted by molar-refractivity contribution is -0.139. The Labute approximate surface area is 181 Å². The number of halogens is 2. The first-order valence-corrected chi connectivity index (χ1v) is 10.4. The smallest absolute Gasteiger partial charge is 0.338 e. The van der Waals surface area contributed by atoms with Crippen molar-refractivity contribution >= 4 is 35.2 Å². The number of amides is 2. The van der Waals surface area contributed by atoms with E-state index in [9.17, 15) is 9.59 Å². The first kappa shape index (κ1) is 21.9. The van der Waals surface area contributed by atoms with Crippen LogP contribution in [-0.4, -0.2) is 80.1 Å². The summed E-state index contributed by atoms with van der Waals surface area (Å²) in [5.41, 5.74) is 1.64. The van der Waals surface area contributed by atoms with Crippen molar-refractivity contribution in [1.82, 2.24) is 20.0 Å². The summed E-state index contributed by atoms with van der Waals surface area (Å²) in [5.74, 6) is -0.459. The van der Waals surface area contributed by atoms with Gasteiger partial charge in [-0.15, -0.1) is 0 Å². The molecule has 0 aliphatic carbocycles. The lowest BCUT2D eigenvalue weighted by atomic mass is 9.94. The molecule has 29 heavy (non-hydrogen) atoms. The van der Waals surface area contributed by atoms with Crippen molar-refractivity contribution < 1.29 is 14.3 Å². The number of hydrogen-bond acceptors (Lipinski definition) is 5. The number of rotatable bonds is 5. The zero-order chi connectivity index (χ0) is 21.1. The van der Waals surface area contributed by atoms with Crippen molar-refractivity contribution in [2.24, 2.45) is 0 Å². The maximum absolute atomic E-state index is 13.0. The standard InChI is InChI=1S/C20H26Cl2N4O3/c1-4-29-19(27)17-16(12-26-9-7-24(2)8-10-26)25(3)20(28)23-18(17)14-6-5-13(21)11-15(14)22/h5-6,11,18H,4,7-10,12H2,1-3H3,(H,23,28)/t18-/m0/s1. The van der Waals surface area contributed by atoms with E-state index in [0.29, 0.717) is 33.4 Å². The maximum atomic E-state index is 13.0. The minimum atomic E-state index is -0.704. The van der Waals surface area contributed by atoms with Gasteiger partial charge in [0.15, 0.2) is 0 Å². The van der Waals surface area contributed by atoms with Gasteiger partial charge in [-0.2, -0.15) is 0 Å². The molecule has 2 heterocycles. The number of carbonyl (C=O) groups excluding carboxylic acids is 2. The van der Waals surface area contributed by atoms with E-state index in [1.54, 1.807) is 32.2 Å². The van der Waals surface area contributed by atoms with Crippen molar-refractivity contribution in [3.63, 3.8) is 0 Å². The van der Waals surface area contributed by atoms with E-state index < -0.39 is 12.0 Å². The van der Waals surface area contributed by atoms with Crippen LogP contribution in [0.1, 0.15) is 18.5 Å². The third-order valence-corrected chi connectivity index (χ3v) is 5.88. The molecule has 158 valence electrons. The maximum Gasteiger partial charge on any atom is 0.338 e. The molecule has 7 nitrogen and oxygen atoms in total. The largest absolute Gasteiger partial charge is 0.463 e. The molecule has 1 aromatic carbocycles.